The molecule has 0 aromatic rings. The third kappa shape index (κ3) is 5.99. The Morgan fingerprint density at radius 1 is 1.31 bits per heavy atom. The van der Waals surface area contributed by atoms with E-state index in [1.807, 2.05) is 0 Å². The SMILES string of the molecule is CC(C)CCCCN=C(N)NC1CCCC1. The van der Waals surface area contributed by atoms with Gasteiger partial charge in [0.2, 0.25) is 0 Å². The van der Waals surface area contributed by atoms with Gasteiger partial charge in [-0.25, -0.2) is 0 Å². The Morgan fingerprint density at radius 2 is 2.00 bits per heavy atom. The number of nitrogens with zero attached hydrogens (tertiary/aromatic N) is 1. The summed E-state index contributed by atoms with van der Waals surface area (Å²) in [4.78, 5) is 4.37. The van der Waals surface area contributed by atoms with E-state index in [1.165, 1.54) is 38.5 Å². The fraction of sp³-hybridized carbons (Fsp3) is 0.923. The zero-order valence-electron chi connectivity index (χ0n) is 10.8. The molecule has 0 amide bonds. The summed E-state index contributed by atoms with van der Waals surface area (Å²) in [5.41, 5.74) is 5.83. The van der Waals surface area contributed by atoms with Crippen molar-refractivity contribution >= 4 is 5.96 Å². The lowest BCUT2D eigenvalue weighted by Gasteiger charge is -2.12. The van der Waals surface area contributed by atoms with E-state index in [2.05, 4.69) is 24.2 Å². The first-order valence-corrected chi connectivity index (χ1v) is 6.75. The van der Waals surface area contributed by atoms with Crippen molar-refractivity contribution in [3.05, 3.63) is 0 Å². The minimum absolute atomic E-state index is 0.583. The molecule has 1 aliphatic carbocycles. The van der Waals surface area contributed by atoms with E-state index >= 15 is 0 Å². The Hall–Kier alpha value is -0.730. The van der Waals surface area contributed by atoms with Crippen molar-refractivity contribution in [1.82, 2.24) is 5.32 Å². The van der Waals surface area contributed by atoms with Crippen molar-refractivity contribution in [2.75, 3.05) is 6.54 Å². The maximum Gasteiger partial charge on any atom is 0.188 e. The highest BCUT2D eigenvalue weighted by atomic mass is 15.1. The highest BCUT2D eigenvalue weighted by Crippen LogP contribution is 2.17. The summed E-state index contributed by atoms with van der Waals surface area (Å²) in [7, 11) is 0. The molecule has 1 rings (SSSR count). The Labute approximate surface area is 99.9 Å². The number of hydrogen-bond acceptors (Lipinski definition) is 1. The van der Waals surface area contributed by atoms with Gasteiger partial charge >= 0.3 is 0 Å². The summed E-state index contributed by atoms with van der Waals surface area (Å²) in [6.07, 6.45) is 8.89. The molecule has 0 spiro atoms. The Kier molecular flexibility index (Phi) is 6.27. The van der Waals surface area contributed by atoms with Crippen molar-refractivity contribution in [1.29, 1.82) is 0 Å². The standard InChI is InChI=1S/C13H27N3/c1-11(2)7-5-6-10-15-13(14)16-12-8-3-4-9-12/h11-12H,3-10H2,1-2H3,(H3,14,15,16). The topological polar surface area (TPSA) is 50.4 Å². The zero-order valence-corrected chi connectivity index (χ0v) is 10.8. The maximum atomic E-state index is 5.83. The summed E-state index contributed by atoms with van der Waals surface area (Å²) in [5, 5.41) is 3.31. The van der Waals surface area contributed by atoms with Crippen LogP contribution in [0.3, 0.4) is 0 Å². The highest BCUT2D eigenvalue weighted by molar-refractivity contribution is 5.78. The first-order valence-electron chi connectivity index (χ1n) is 6.75. The molecule has 1 aliphatic rings. The van der Waals surface area contributed by atoms with Gasteiger partial charge < -0.3 is 11.1 Å². The Bertz CT molecular complexity index is 205. The number of nitrogens with two attached hydrogens (primary N) is 1. The van der Waals surface area contributed by atoms with Gasteiger partial charge in [0.1, 0.15) is 0 Å². The summed E-state index contributed by atoms with van der Waals surface area (Å²) in [6, 6.07) is 0.583. The van der Waals surface area contributed by atoms with Crippen LogP contribution in [0, 0.1) is 5.92 Å². The van der Waals surface area contributed by atoms with Crippen LogP contribution in [0.1, 0.15) is 58.8 Å². The quantitative estimate of drug-likeness (QED) is 0.415. The molecule has 0 atom stereocenters. The molecule has 0 radical (unpaired) electrons. The first-order chi connectivity index (χ1) is 7.68. The third-order valence-electron chi connectivity index (χ3n) is 3.18. The molecule has 0 saturated heterocycles. The average molecular weight is 225 g/mol. The summed E-state index contributed by atoms with van der Waals surface area (Å²) in [5.74, 6) is 1.45. The van der Waals surface area contributed by atoms with Gasteiger partial charge in [-0.15, -0.1) is 0 Å². The number of unbranched alkanes of at least 4 members (excludes halogenated alkanes) is 1. The van der Waals surface area contributed by atoms with Crippen LogP contribution in [0.15, 0.2) is 4.99 Å². The van der Waals surface area contributed by atoms with Gasteiger partial charge in [-0.3, -0.25) is 4.99 Å². The molecule has 0 unspecified atom stereocenters. The Morgan fingerprint density at radius 3 is 2.62 bits per heavy atom. The van der Waals surface area contributed by atoms with Crippen LogP contribution >= 0.6 is 0 Å². The predicted molar refractivity (Wildman–Crippen MR) is 70.6 cm³/mol. The molecule has 0 bridgehead atoms. The van der Waals surface area contributed by atoms with Gasteiger partial charge in [0, 0.05) is 12.6 Å². The van der Waals surface area contributed by atoms with Gasteiger partial charge in [-0.2, -0.15) is 0 Å². The molecule has 16 heavy (non-hydrogen) atoms. The van der Waals surface area contributed by atoms with Crippen molar-refractivity contribution < 1.29 is 0 Å². The number of hydrogen-bond donors (Lipinski definition) is 2. The first kappa shape index (κ1) is 13.3. The van der Waals surface area contributed by atoms with Crippen molar-refractivity contribution in [3.8, 4) is 0 Å². The zero-order chi connectivity index (χ0) is 11.8. The molecular formula is C13H27N3. The highest BCUT2D eigenvalue weighted by Gasteiger charge is 2.14. The number of rotatable bonds is 6. The van der Waals surface area contributed by atoms with Crippen molar-refractivity contribution in [3.63, 3.8) is 0 Å². The van der Waals surface area contributed by atoms with Crippen LogP contribution < -0.4 is 11.1 Å². The number of nitrogens with one attached hydrogen (secondary N) is 1. The van der Waals surface area contributed by atoms with Gasteiger partial charge in [0.05, 0.1) is 0 Å². The molecule has 3 N–H and O–H groups in total. The van der Waals surface area contributed by atoms with Crippen LogP contribution in [0.5, 0.6) is 0 Å². The predicted octanol–water partition coefficient (Wildman–Crippen LogP) is 2.66. The second-order valence-corrected chi connectivity index (χ2v) is 5.28. The minimum atomic E-state index is 0.583. The molecule has 0 heterocycles. The molecule has 94 valence electrons. The van der Waals surface area contributed by atoms with E-state index in [-0.39, 0.29) is 0 Å². The van der Waals surface area contributed by atoms with Gasteiger partial charge in [-0.1, -0.05) is 39.5 Å². The monoisotopic (exact) mass is 225 g/mol. The molecular weight excluding hydrogens is 198 g/mol. The normalized spacial score (nSPS) is 18.3. The summed E-state index contributed by atoms with van der Waals surface area (Å²) >= 11 is 0. The smallest absolute Gasteiger partial charge is 0.188 e. The van der Waals surface area contributed by atoms with Crippen LogP contribution in [-0.4, -0.2) is 18.5 Å². The minimum Gasteiger partial charge on any atom is -0.370 e. The van der Waals surface area contributed by atoms with Crippen LogP contribution in [0.4, 0.5) is 0 Å². The molecule has 0 aromatic heterocycles. The molecule has 1 fully saturated rings. The lowest BCUT2D eigenvalue weighted by molar-refractivity contribution is 0.541. The van der Waals surface area contributed by atoms with E-state index in [0.29, 0.717) is 12.0 Å². The van der Waals surface area contributed by atoms with E-state index in [9.17, 15) is 0 Å². The lowest BCUT2D eigenvalue weighted by atomic mass is 10.1. The summed E-state index contributed by atoms with van der Waals surface area (Å²) < 4.78 is 0. The fourth-order valence-electron chi connectivity index (χ4n) is 2.19. The van der Waals surface area contributed by atoms with E-state index in [0.717, 1.165) is 18.9 Å². The van der Waals surface area contributed by atoms with E-state index < -0.39 is 0 Å². The molecule has 1 saturated carbocycles. The molecule has 0 aliphatic heterocycles. The van der Waals surface area contributed by atoms with Gasteiger partial charge in [-0.05, 0) is 25.2 Å². The molecule has 3 nitrogen and oxygen atoms in total. The number of guanidine groups is 1. The van der Waals surface area contributed by atoms with Crippen LogP contribution in [-0.2, 0) is 0 Å². The summed E-state index contributed by atoms with van der Waals surface area (Å²) in [6.45, 7) is 5.40. The Balaban J connectivity index is 2.04. The van der Waals surface area contributed by atoms with Gasteiger partial charge in [0.15, 0.2) is 5.96 Å². The average Bonchev–Trinajstić information content (AvgIpc) is 2.69. The van der Waals surface area contributed by atoms with E-state index in [1.54, 1.807) is 0 Å². The second kappa shape index (κ2) is 7.53. The third-order valence-corrected chi connectivity index (χ3v) is 3.18. The molecule has 3 heteroatoms. The second-order valence-electron chi connectivity index (χ2n) is 5.28. The van der Waals surface area contributed by atoms with Crippen LogP contribution in [0.25, 0.3) is 0 Å². The number of aliphatic imine (C=N–C) groups is 1. The lowest BCUT2D eigenvalue weighted by Crippen LogP contribution is -2.38. The molecule has 0 aromatic carbocycles. The largest absolute Gasteiger partial charge is 0.370 e. The van der Waals surface area contributed by atoms with E-state index in [4.69, 9.17) is 5.73 Å². The van der Waals surface area contributed by atoms with Crippen molar-refractivity contribution in [2.24, 2.45) is 16.6 Å². The van der Waals surface area contributed by atoms with Crippen molar-refractivity contribution in [2.45, 2.75) is 64.8 Å². The fourth-order valence-corrected chi connectivity index (χ4v) is 2.19. The van der Waals surface area contributed by atoms with Gasteiger partial charge in [0.25, 0.3) is 0 Å². The maximum absolute atomic E-state index is 5.83. The van der Waals surface area contributed by atoms with Crippen LogP contribution in [0.2, 0.25) is 0 Å².